The quantitative estimate of drug-likeness (QED) is 0.642. The molecule has 6 nitrogen and oxygen atoms in total. The number of rotatable bonds is 6. The van der Waals surface area contributed by atoms with E-state index in [4.69, 9.17) is 11.6 Å². The van der Waals surface area contributed by atoms with Crippen LogP contribution in [0.5, 0.6) is 0 Å². The van der Waals surface area contributed by atoms with Crippen LogP contribution in [0.4, 0.5) is 18.9 Å². The lowest BCUT2D eigenvalue weighted by atomic mass is 10.2. The van der Waals surface area contributed by atoms with Crippen molar-refractivity contribution in [3.05, 3.63) is 64.7 Å². The molecule has 0 bridgehead atoms. The number of benzene rings is 1. The van der Waals surface area contributed by atoms with Crippen molar-refractivity contribution in [3.63, 3.8) is 0 Å². The van der Waals surface area contributed by atoms with Gasteiger partial charge in [0.1, 0.15) is 6.54 Å². The predicted molar refractivity (Wildman–Crippen MR) is 101 cm³/mol. The summed E-state index contributed by atoms with van der Waals surface area (Å²) < 4.78 is 41.7. The van der Waals surface area contributed by atoms with Crippen molar-refractivity contribution < 1.29 is 18.0 Å². The molecular weight excluding hydrogens is 407 g/mol. The Morgan fingerprint density at radius 2 is 2.07 bits per heavy atom. The smallest absolute Gasteiger partial charge is 0.322 e. The van der Waals surface area contributed by atoms with Gasteiger partial charge in [-0.05, 0) is 36.6 Å². The third kappa shape index (κ3) is 4.79. The fraction of sp³-hybridized carbons (Fsp3) is 0.316. The van der Waals surface area contributed by atoms with Gasteiger partial charge in [0, 0.05) is 22.8 Å². The first-order valence-corrected chi connectivity index (χ1v) is 9.37. The van der Waals surface area contributed by atoms with E-state index in [9.17, 15) is 18.0 Å². The first-order chi connectivity index (χ1) is 13.8. The number of amides is 1. The van der Waals surface area contributed by atoms with Crippen LogP contribution < -0.4 is 5.32 Å². The molecule has 0 aliphatic heterocycles. The molecule has 0 unspecified atom stereocenters. The van der Waals surface area contributed by atoms with E-state index < -0.39 is 17.8 Å². The molecular formula is C19H17ClF3N5O. The van der Waals surface area contributed by atoms with Crippen LogP contribution >= 0.6 is 11.6 Å². The molecule has 1 aliphatic carbocycles. The summed E-state index contributed by atoms with van der Waals surface area (Å²) in [6, 6.07) is 8.36. The summed E-state index contributed by atoms with van der Waals surface area (Å²) in [5, 5.41) is 11.0. The Morgan fingerprint density at radius 1 is 1.28 bits per heavy atom. The molecule has 0 spiro atoms. The molecule has 1 fully saturated rings. The summed E-state index contributed by atoms with van der Waals surface area (Å²) in [5.41, 5.74) is 0.877. The van der Waals surface area contributed by atoms with E-state index in [1.807, 2.05) is 18.2 Å². The Kier molecular flexibility index (Phi) is 5.08. The highest BCUT2D eigenvalue weighted by Crippen LogP contribution is 2.42. The Balaban J connectivity index is 1.42. The largest absolute Gasteiger partial charge is 0.435 e. The van der Waals surface area contributed by atoms with Crippen LogP contribution in [0.2, 0.25) is 5.02 Å². The van der Waals surface area contributed by atoms with Crippen molar-refractivity contribution in [1.29, 1.82) is 0 Å². The van der Waals surface area contributed by atoms with E-state index in [0.29, 0.717) is 22.9 Å². The van der Waals surface area contributed by atoms with Crippen LogP contribution in [0.25, 0.3) is 0 Å². The van der Waals surface area contributed by atoms with Gasteiger partial charge in [-0.3, -0.25) is 14.2 Å². The third-order valence-corrected chi connectivity index (χ3v) is 4.78. The van der Waals surface area contributed by atoms with Crippen LogP contribution in [0.3, 0.4) is 0 Å². The molecule has 3 aromatic rings. The van der Waals surface area contributed by atoms with Crippen LogP contribution in [-0.2, 0) is 24.1 Å². The van der Waals surface area contributed by atoms with Gasteiger partial charge in [-0.25, -0.2) is 0 Å². The van der Waals surface area contributed by atoms with E-state index in [1.165, 1.54) is 6.20 Å². The summed E-state index contributed by atoms with van der Waals surface area (Å²) in [4.78, 5) is 12.3. The maximum absolute atomic E-state index is 13.0. The van der Waals surface area contributed by atoms with E-state index >= 15 is 0 Å². The minimum Gasteiger partial charge on any atom is -0.322 e. The highest BCUT2D eigenvalue weighted by atomic mass is 35.5. The monoisotopic (exact) mass is 423 g/mol. The van der Waals surface area contributed by atoms with Gasteiger partial charge < -0.3 is 5.32 Å². The molecule has 2 heterocycles. The summed E-state index contributed by atoms with van der Waals surface area (Å²) >= 11 is 5.97. The number of hydrogen-bond acceptors (Lipinski definition) is 3. The normalized spacial score (nSPS) is 14.2. The minimum absolute atomic E-state index is 0.0341. The number of alkyl halides is 3. The SMILES string of the molecule is O=C(Cn1nc(C(F)(F)F)cc1C1CC1)Nc1cnn(Cc2cccc(Cl)c2)c1. The van der Waals surface area contributed by atoms with Gasteiger partial charge in [0.05, 0.1) is 18.4 Å². The zero-order valence-corrected chi connectivity index (χ0v) is 15.9. The molecule has 4 rings (SSSR count). The standard InChI is InChI=1S/C19H17ClF3N5O/c20-14-3-1-2-12(6-14)9-27-10-15(8-24-27)25-18(29)11-28-16(13-4-5-13)7-17(26-28)19(21,22)23/h1-3,6-8,10,13H,4-5,9,11H2,(H,25,29). The van der Waals surface area contributed by atoms with Crippen molar-refractivity contribution in [2.75, 3.05) is 5.32 Å². The second-order valence-corrected chi connectivity index (χ2v) is 7.43. The number of carbonyl (C=O) groups is 1. The molecule has 29 heavy (non-hydrogen) atoms. The maximum atomic E-state index is 13.0. The summed E-state index contributed by atoms with van der Waals surface area (Å²) in [6.45, 7) is 0.178. The Morgan fingerprint density at radius 3 is 2.76 bits per heavy atom. The van der Waals surface area contributed by atoms with Crippen molar-refractivity contribution in [3.8, 4) is 0 Å². The van der Waals surface area contributed by atoms with Crippen molar-refractivity contribution in [2.24, 2.45) is 0 Å². The van der Waals surface area contributed by atoms with Crippen LogP contribution in [0.1, 0.15) is 35.7 Å². The Bertz CT molecular complexity index is 1040. The van der Waals surface area contributed by atoms with Crippen LogP contribution in [0, 0.1) is 0 Å². The van der Waals surface area contributed by atoms with Gasteiger partial charge in [0.15, 0.2) is 5.69 Å². The molecule has 0 radical (unpaired) electrons. The summed E-state index contributed by atoms with van der Waals surface area (Å²) in [5.74, 6) is -0.433. The van der Waals surface area contributed by atoms with Gasteiger partial charge in [-0.15, -0.1) is 0 Å². The topological polar surface area (TPSA) is 64.7 Å². The fourth-order valence-electron chi connectivity index (χ4n) is 3.08. The number of halogens is 4. The third-order valence-electron chi connectivity index (χ3n) is 4.54. The van der Waals surface area contributed by atoms with Crippen LogP contribution in [0.15, 0.2) is 42.7 Å². The van der Waals surface area contributed by atoms with Crippen molar-refractivity contribution in [1.82, 2.24) is 19.6 Å². The molecule has 1 saturated carbocycles. The molecule has 1 aliphatic rings. The molecule has 1 N–H and O–H groups in total. The first kappa shape index (κ1) is 19.5. The number of nitrogens with one attached hydrogen (secondary N) is 1. The lowest BCUT2D eigenvalue weighted by Gasteiger charge is -2.07. The lowest BCUT2D eigenvalue weighted by Crippen LogP contribution is -2.21. The van der Waals surface area contributed by atoms with Crippen molar-refractivity contribution in [2.45, 2.75) is 38.0 Å². The first-order valence-electron chi connectivity index (χ1n) is 8.99. The maximum Gasteiger partial charge on any atom is 0.435 e. The van der Waals surface area contributed by atoms with Crippen molar-refractivity contribution >= 4 is 23.2 Å². The second-order valence-electron chi connectivity index (χ2n) is 6.99. The molecule has 0 saturated heterocycles. The number of anilines is 1. The molecule has 152 valence electrons. The summed E-state index contributed by atoms with van der Waals surface area (Å²) in [7, 11) is 0. The van der Waals surface area contributed by atoms with E-state index in [-0.39, 0.29) is 12.5 Å². The fourth-order valence-corrected chi connectivity index (χ4v) is 3.29. The average Bonchev–Trinajstić information content (AvgIpc) is 3.24. The highest BCUT2D eigenvalue weighted by Gasteiger charge is 2.38. The lowest BCUT2D eigenvalue weighted by molar-refractivity contribution is -0.141. The Labute approximate surface area is 169 Å². The number of nitrogens with zero attached hydrogens (tertiary/aromatic N) is 4. The van der Waals surface area contributed by atoms with E-state index in [0.717, 1.165) is 29.2 Å². The van der Waals surface area contributed by atoms with E-state index in [1.54, 1.807) is 16.9 Å². The predicted octanol–water partition coefficient (Wildman–Crippen LogP) is 4.32. The molecule has 1 amide bonds. The molecule has 10 heteroatoms. The molecule has 2 aromatic heterocycles. The van der Waals surface area contributed by atoms with Gasteiger partial charge >= 0.3 is 6.18 Å². The zero-order chi connectivity index (χ0) is 20.6. The number of carbonyl (C=O) groups excluding carboxylic acids is 1. The Hall–Kier alpha value is -2.81. The highest BCUT2D eigenvalue weighted by molar-refractivity contribution is 6.30. The van der Waals surface area contributed by atoms with E-state index in [2.05, 4.69) is 15.5 Å². The van der Waals surface area contributed by atoms with Gasteiger partial charge in [-0.2, -0.15) is 23.4 Å². The molecule has 0 atom stereocenters. The van der Waals surface area contributed by atoms with Gasteiger partial charge in [0.25, 0.3) is 0 Å². The summed E-state index contributed by atoms with van der Waals surface area (Å²) in [6.07, 6.45) is 0.202. The number of hydrogen-bond donors (Lipinski definition) is 1. The van der Waals surface area contributed by atoms with Gasteiger partial charge in [-0.1, -0.05) is 23.7 Å². The minimum atomic E-state index is -4.53. The zero-order valence-electron chi connectivity index (χ0n) is 15.2. The van der Waals surface area contributed by atoms with Gasteiger partial charge in [0.2, 0.25) is 5.91 Å². The molecule has 1 aromatic carbocycles. The number of aromatic nitrogens is 4. The second kappa shape index (κ2) is 7.55. The van der Waals surface area contributed by atoms with Crippen LogP contribution in [-0.4, -0.2) is 25.5 Å². The average molecular weight is 424 g/mol.